The second kappa shape index (κ2) is 7.37. The molecule has 4 heterocycles. The van der Waals surface area contributed by atoms with Gasteiger partial charge in [0.1, 0.15) is 0 Å². The topological polar surface area (TPSA) is 36.4 Å². The predicted molar refractivity (Wildman–Crippen MR) is 103 cm³/mol. The average Bonchev–Trinajstić information content (AvgIpc) is 2.95. The van der Waals surface area contributed by atoms with Crippen molar-refractivity contribution in [3.63, 3.8) is 0 Å². The van der Waals surface area contributed by atoms with E-state index in [-0.39, 0.29) is 11.9 Å². The van der Waals surface area contributed by atoms with Gasteiger partial charge in [0.2, 0.25) is 0 Å². The van der Waals surface area contributed by atoms with Crippen LogP contribution in [0, 0.1) is 12.8 Å². The molecule has 2 atom stereocenters. The number of carbonyl (C=O) groups is 1. The lowest BCUT2D eigenvalue weighted by Crippen LogP contribution is -2.47. The zero-order valence-electron chi connectivity index (χ0n) is 15.1. The Bertz CT molecular complexity index is 795. The second-order valence-electron chi connectivity index (χ2n) is 7.53. The van der Waals surface area contributed by atoms with Crippen LogP contribution in [0.5, 0.6) is 0 Å². The van der Waals surface area contributed by atoms with Crippen LogP contribution in [0.3, 0.4) is 0 Å². The van der Waals surface area contributed by atoms with Crippen LogP contribution in [0.2, 0.25) is 5.02 Å². The van der Waals surface area contributed by atoms with E-state index < -0.39 is 0 Å². The number of fused-ring (bicyclic) bond motifs is 4. The van der Waals surface area contributed by atoms with Crippen molar-refractivity contribution in [3.05, 3.63) is 64.4 Å². The third-order valence-electron chi connectivity index (χ3n) is 5.58. The third-order valence-corrected chi connectivity index (χ3v) is 5.99. The zero-order chi connectivity index (χ0) is 18.1. The summed E-state index contributed by atoms with van der Waals surface area (Å²) in [6, 6.07) is 12.0. The van der Waals surface area contributed by atoms with E-state index in [0.29, 0.717) is 16.5 Å². The summed E-state index contributed by atoms with van der Waals surface area (Å²) in [5.74, 6) is 0.642. The highest BCUT2D eigenvalue weighted by Gasteiger charge is 2.37. The van der Waals surface area contributed by atoms with Gasteiger partial charge >= 0.3 is 0 Å². The Hall–Kier alpha value is -1.91. The Morgan fingerprint density at radius 1 is 1.19 bits per heavy atom. The van der Waals surface area contributed by atoms with E-state index in [4.69, 9.17) is 11.6 Å². The maximum Gasteiger partial charge on any atom is 0.254 e. The number of hydrogen-bond acceptors (Lipinski definition) is 3. The fourth-order valence-electron chi connectivity index (χ4n) is 4.17. The number of aryl methyl sites for hydroxylation is 1. The molecule has 0 aliphatic carbocycles. The summed E-state index contributed by atoms with van der Waals surface area (Å²) < 4.78 is 0. The number of pyridine rings is 1. The lowest BCUT2D eigenvalue weighted by atomic mass is 9.94. The summed E-state index contributed by atoms with van der Waals surface area (Å²) in [6.45, 7) is 5.60. The van der Waals surface area contributed by atoms with Crippen molar-refractivity contribution in [1.82, 2.24) is 14.8 Å². The summed E-state index contributed by atoms with van der Waals surface area (Å²) in [6.07, 6.45) is 4.12. The molecular weight excluding hydrogens is 346 g/mol. The van der Waals surface area contributed by atoms with Gasteiger partial charge in [-0.2, -0.15) is 0 Å². The summed E-state index contributed by atoms with van der Waals surface area (Å²) in [4.78, 5) is 22.1. The molecular formula is C21H24ClN3O. The molecule has 1 amide bonds. The minimum Gasteiger partial charge on any atom is -0.334 e. The zero-order valence-corrected chi connectivity index (χ0v) is 15.8. The van der Waals surface area contributed by atoms with Crippen LogP contribution < -0.4 is 0 Å². The highest BCUT2D eigenvalue weighted by Crippen LogP contribution is 2.30. The molecule has 3 saturated heterocycles. The van der Waals surface area contributed by atoms with Gasteiger partial charge in [0, 0.05) is 49.0 Å². The Morgan fingerprint density at radius 2 is 2.08 bits per heavy atom. The van der Waals surface area contributed by atoms with Gasteiger partial charge in [-0.1, -0.05) is 23.7 Å². The van der Waals surface area contributed by atoms with Crippen molar-refractivity contribution in [2.45, 2.75) is 32.4 Å². The van der Waals surface area contributed by atoms with E-state index in [1.165, 1.54) is 6.42 Å². The second-order valence-corrected chi connectivity index (χ2v) is 7.94. The molecule has 5 heteroatoms. The number of halogens is 1. The molecule has 2 aromatic rings. The maximum atomic E-state index is 13.1. The molecule has 5 rings (SSSR count). The molecule has 0 saturated carbocycles. The normalized spacial score (nSPS) is 23.1. The largest absolute Gasteiger partial charge is 0.334 e. The van der Waals surface area contributed by atoms with Crippen LogP contribution in [-0.2, 0) is 6.54 Å². The summed E-state index contributed by atoms with van der Waals surface area (Å²) in [7, 11) is 0. The van der Waals surface area contributed by atoms with Crippen molar-refractivity contribution in [1.29, 1.82) is 0 Å². The van der Waals surface area contributed by atoms with Crippen LogP contribution >= 0.6 is 11.6 Å². The minimum absolute atomic E-state index is 0.112. The number of benzene rings is 1. The summed E-state index contributed by atoms with van der Waals surface area (Å²) >= 11 is 6.24. The lowest BCUT2D eigenvalue weighted by Gasteiger charge is -2.36. The van der Waals surface area contributed by atoms with Gasteiger partial charge in [-0.3, -0.25) is 14.7 Å². The number of carbonyl (C=O) groups excluding carboxylic acids is 1. The van der Waals surface area contributed by atoms with Crippen LogP contribution in [0.15, 0.2) is 42.6 Å². The van der Waals surface area contributed by atoms with Gasteiger partial charge in [-0.05, 0) is 55.5 Å². The molecule has 0 unspecified atom stereocenters. The standard InChI is InChI=1S/C21H24ClN3O/c1-15-5-7-17(10-20(15)22)21(26)25-12-16-6-8-19(25)14-24(11-16)13-18-4-2-3-9-23-18/h2-5,7,9-10,16,19H,6,8,11-14H2,1H3/t16-,19+/m0/s1. The molecule has 26 heavy (non-hydrogen) atoms. The summed E-state index contributed by atoms with van der Waals surface area (Å²) in [5.41, 5.74) is 2.79. The van der Waals surface area contributed by atoms with Crippen molar-refractivity contribution < 1.29 is 4.79 Å². The maximum absolute atomic E-state index is 13.1. The van der Waals surface area contributed by atoms with Gasteiger partial charge in [-0.25, -0.2) is 0 Å². The molecule has 0 radical (unpaired) electrons. The van der Waals surface area contributed by atoms with Crippen molar-refractivity contribution >= 4 is 17.5 Å². The highest BCUT2D eigenvalue weighted by atomic mass is 35.5. The first kappa shape index (κ1) is 17.5. The SMILES string of the molecule is Cc1ccc(C(=O)N2C[C@H]3CC[C@@H]2CN(Cc2ccccn2)C3)cc1Cl. The van der Waals surface area contributed by atoms with Crippen LogP contribution in [0.25, 0.3) is 0 Å². The number of piperidine rings is 1. The van der Waals surface area contributed by atoms with Gasteiger partial charge in [0.25, 0.3) is 5.91 Å². The molecule has 3 aliphatic rings. The fourth-order valence-corrected chi connectivity index (χ4v) is 4.35. The predicted octanol–water partition coefficient (Wildman–Crippen LogP) is 3.78. The number of rotatable bonds is 3. The van der Waals surface area contributed by atoms with Gasteiger partial charge in [0.05, 0.1) is 5.69 Å². The first-order valence-corrected chi connectivity index (χ1v) is 9.67. The molecule has 3 fully saturated rings. The van der Waals surface area contributed by atoms with E-state index in [9.17, 15) is 4.79 Å². The molecule has 3 aliphatic heterocycles. The van der Waals surface area contributed by atoms with Gasteiger partial charge in [0.15, 0.2) is 0 Å². The molecule has 4 nitrogen and oxygen atoms in total. The Labute approximate surface area is 159 Å². The van der Waals surface area contributed by atoms with Crippen molar-refractivity contribution in [2.24, 2.45) is 5.92 Å². The lowest BCUT2D eigenvalue weighted by molar-refractivity contribution is 0.0585. The Morgan fingerprint density at radius 3 is 2.85 bits per heavy atom. The number of nitrogens with zero attached hydrogens (tertiary/aromatic N) is 3. The molecule has 1 aromatic heterocycles. The Balaban J connectivity index is 1.51. The monoisotopic (exact) mass is 369 g/mol. The number of hydrogen-bond donors (Lipinski definition) is 0. The van der Waals surface area contributed by atoms with Gasteiger partial charge < -0.3 is 4.90 Å². The smallest absolute Gasteiger partial charge is 0.254 e. The molecule has 0 N–H and O–H groups in total. The number of amides is 1. The molecule has 1 aromatic carbocycles. The van der Waals surface area contributed by atoms with E-state index in [0.717, 1.165) is 43.9 Å². The minimum atomic E-state index is 0.112. The van der Waals surface area contributed by atoms with E-state index in [2.05, 4.69) is 20.9 Å². The van der Waals surface area contributed by atoms with Crippen molar-refractivity contribution in [3.8, 4) is 0 Å². The first-order valence-electron chi connectivity index (χ1n) is 9.29. The molecule has 2 bridgehead atoms. The van der Waals surface area contributed by atoms with Crippen LogP contribution in [-0.4, -0.2) is 46.4 Å². The van der Waals surface area contributed by atoms with Gasteiger partial charge in [-0.15, -0.1) is 0 Å². The number of aromatic nitrogens is 1. The summed E-state index contributed by atoms with van der Waals surface area (Å²) in [5, 5.41) is 0.660. The van der Waals surface area contributed by atoms with Crippen LogP contribution in [0.1, 0.15) is 34.5 Å². The van der Waals surface area contributed by atoms with E-state index in [1.54, 1.807) is 0 Å². The molecule has 0 spiro atoms. The highest BCUT2D eigenvalue weighted by molar-refractivity contribution is 6.31. The van der Waals surface area contributed by atoms with Crippen LogP contribution in [0.4, 0.5) is 0 Å². The average molecular weight is 370 g/mol. The van der Waals surface area contributed by atoms with E-state index >= 15 is 0 Å². The molecule has 136 valence electrons. The van der Waals surface area contributed by atoms with E-state index in [1.807, 2.05) is 43.5 Å². The Kier molecular flexibility index (Phi) is 4.96. The third kappa shape index (κ3) is 3.62. The van der Waals surface area contributed by atoms with Crippen molar-refractivity contribution in [2.75, 3.05) is 19.6 Å². The first-order chi connectivity index (χ1) is 12.6. The quantitative estimate of drug-likeness (QED) is 0.826. The fraction of sp³-hybridized carbons (Fsp3) is 0.429.